The lowest BCUT2D eigenvalue weighted by Gasteiger charge is -2.15. The zero-order valence-corrected chi connectivity index (χ0v) is 6.59. The molecule has 0 aliphatic carbocycles. The molecule has 0 atom stereocenters. The Labute approximate surface area is 65.9 Å². The molecule has 0 saturated heterocycles. The van der Waals surface area contributed by atoms with Gasteiger partial charge in [-0.1, -0.05) is 0 Å². The van der Waals surface area contributed by atoms with E-state index in [0.717, 1.165) is 24.6 Å². The number of nitrogens with zero attached hydrogens (tertiary/aromatic N) is 2. The number of hydrogen-bond acceptors (Lipinski definition) is 3. The third-order valence-electron chi connectivity index (χ3n) is 1.90. The van der Waals surface area contributed by atoms with Crippen molar-refractivity contribution >= 4 is 5.82 Å². The van der Waals surface area contributed by atoms with Crippen LogP contribution in [0.15, 0.2) is 6.20 Å². The number of anilines is 1. The Morgan fingerprint density at radius 1 is 1.55 bits per heavy atom. The fourth-order valence-electron chi connectivity index (χ4n) is 1.32. The van der Waals surface area contributed by atoms with Gasteiger partial charge in [-0.3, -0.25) is 0 Å². The molecule has 1 N–H and O–H groups in total. The van der Waals surface area contributed by atoms with Gasteiger partial charge in [0.2, 0.25) is 0 Å². The maximum absolute atomic E-state index is 4.29. The van der Waals surface area contributed by atoms with Crippen molar-refractivity contribution in [2.75, 3.05) is 11.9 Å². The average molecular weight is 149 g/mol. The van der Waals surface area contributed by atoms with E-state index < -0.39 is 0 Å². The predicted molar refractivity (Wildman–Crippen MR) is 43.6 cm³/mol. The molecule has 1 aliphatic rings. The molecule has 0 saturated carbocycles. The van der Waals surface area contributed by atoms with E-state index >= 15 is 0 Å². The largest absolute Gasteiger partial charge is 0.370 e. The third kappa shape index (κ3) is 1.18. The van der Waals surface area contributed by atoms with Crippen molar-refractivity contribution in [3.8, 4) is 0 Å². The lowest BCUT2D eigenvalue weighted by molar-refractivity contribution is 0.802. The minimum absolute atomic E-state index is 0.846. The van der Waals surface area contributed by atoms with Gasteiger partial charge in [-0.2, -0.15) is 0 Å². The SMILES string of the molecule is Cc1ncc2c(n1)NCCC2. The first-order valence-electron chi connectivity index (χ1n) is 3.92. The molecule has 3 heteroatoms. The lowest BCUT2D eigenvalue weighted by Crippen LogP contribution is -2.14. The fraction of sp³-hybridized carbons (Fsp3) is 0.500. The molecule has 0 spiro atoms. The van der Waals surface area contributed by atoms with Crippen LogP contribution >= 0.6 is 0 Å². The molecule has 2 rings (SSSR count). The Morgan fingerprint density at radius 3 is 3.36 bits per heavy atom. The second kappa shape index (κ2) is 2.49. The van der Waals surface area contributed by atoms with Gasteiger partial charge in [-0.25, -0.2) is 9.97 Å². The van der Waals surface area contributed by atoms with Crippen LogP contribution in [0.1, 0.15) is 17.8 Å². The van der Waals surface area contributed by atoms with E-state index in [9.17, 15) is 0 Å². The molecule has 1 aliphatic heterocycles. The summed E-state index contributed by atoms with van der Waals surface area (Å²) in [6.07, 6.45) is 4.23. The van der Waals surface area contributed by atoms with E-state index in [1.165, 1.54) is 12.0 Å². The van der Waals surface area contributed by atoms with Crippen molar-refractivity contribution in [2.45, 2.75) is 19.8 Å². The van der Waals surface area contributed by atoms with Crippen LogP contribution in [0.2, 0.25) is 0 Å². The van der Waals surface area contributed by atoms with Crippen molar-refractivity contribution in [3.63, 3.8) is 0 Å². The smallest absolute Gasteiger partial charge is 0.132 e. The Balaban J connectivity index is 2.43. The molecule has 0 radical (unpaired) electrons. The minimum atomic E-state index is 0.846. The van der Waals surface area contributed by atoms with Gasteiger partial charge in [0.15, 0.2) is 0 Å². The molecule has 0 fully saturated rings. The highest BCUT2D eigenvalue weighted by molar-refractivity contribution is 5.44. The van der Waals surface area contributed by atoms with Gasteiger partial charge in [0, 0.05) is 18.3 Å². The fourth-order valence-corrected chi connectivity index (χ4v) is 1.32. The van der Waals surface area contributed by atoms with Gasteiger partial charge in [-0.05, 0) is 19.8 Å². The summed E-state index contributed by atoms with van der Waals surface area (Å²) < 4.78 is 0. The van der Waals surface area contributed by atoms with E-state index in [1.807, 2.05) is 13.1 Å². The Morgan fingerprint density at radius 2 is 2.45 bits per heavy atom. The molecule has 0 aromatic carbocycles. The Kier molecular flexibility index (Phi) is 1.49. The van der Waals surface area contributed by atoms with E-state index in [4.69, 9.17) is 0 Å². The molecule has 1 aromatic rings. The Hall–Kier alpha value is -1.12. The summed E-state index contributed by atoms with van der Waals surface area (Å²) >= 11 is 0. The van der Waals surface area contributed by atoms with Gasteiger partial charge in [0.1, 0.15) is 11.6 Å². The van der Waals surface area contributed by atoms with E-state index in [1.54, 1.807) is 0 Å². The van der Waals surface area contributed by atoms with Crippen molar-refractivity contribution < 1.29 is 0 Å². The van der Waals surface area contributed by atoms with Crippen LogP contribution < -0.4 is 5.32 Å². The molecule has 1 aromatic heterocycles. The van der Waals surface area contributed by atoms with Crippen LogP contribution in [0.25, 0.3) is 0 Å². The monoisotopic (exact) mass is 149 g/mol. The van der Waals surface area contributed by atoms with Crippen LogP contribution in [0.3, 0.4) is 0 Å². The van der Waals surface area contributed by atoms with Crippen molar-refractivity contribution in [3.05, 3.63) is 17.6 Å². The molecule has 0 bridgehead atoms. The van der Waals surface area contributed by atoms with E-state index in [-0.39, 0.29) is 0 Å². The second-order valence-electron chi connectivity index (χ2n) is 2.82. The molecule has 0 amide bonds. The number of hydrogen-bond donors (Lipinski definition) is 1. The summed E-state index contributed by atoms with van der Waals surface area (Å²) in [7, 11) is 0. The first kappa shape index (κ1) is 6.58. The summed E-state index contributed by atoms with van der Waals surface area (Å²) in [5, 5.41) is 3.25. The summed E-state index contributed by atoms with van der Waals surface area (Å²) in [6.45, 7) is 2.96. The minimum Gasteiger partial charge on any atom is -0.370 e. The highest BCUT2D eigenvalue weighted by Gasteiger charge is 2.08. The maximum atomic E-state index is 4.29. The molecule has 11 heavy (non-hydrogen) atoms. The van der Waals surface area contributed by atoms with Gasteiger partial charge >= 0.3 is 0 Å². The van der Waals surface area contributed by atoms with Crippen LogP contribution in [0, 0.1) is 6.92 Å². The number of aromatic nitrogens is 2. The van der Waals surface area contributed by atoms with Crippen molar-refractivity contribution in [1.29, 1.82) is 0 Å². The normalized spacial score (nSPS) is 15.4. The van der Waals surface area contributed by atoms with Gasteiger partial charge in [-0.15, -0.1) is 0 Å². The van der Waals surface area contributed by atoms with Crippen LogP contribution in [0.4, 0.5) is 5.82 Å². The van der Waals surface area contributed by atoms with Gasteiger partial charge in [0.05, 0.1) is 0 Å². The van der Waals surface area contributed by atoms with Crippen molar-refractivity contribution in [1.82, 2.24) is 9.97 Å². The molecule has 58 valence electrons. The number of rotatable bonds is 0. The van der Waals surface area contributed by atoms with E-state index in [0.29, 0.717) is 0 Å². The topological polar surface area (TPSA) is 37.8 Å². The van der Waals surface area contributed by atoms with Crippen LogP contribution in [0.5, 0.6) is 0 Å². The summed E-state index contributed by atoms with van der Waals surface area (Å²) in [5.74, 6) is 1.88. The zero-order valence-electron chi connectivity index (χ0n) is 6.59. The van der Waals surface area contributed by atoms with Gasteiger partial charge in [0.25, 0.3) is 0 Å². The third-order valence-corrected chi connectivity index (χ3v) is 1.90. The summed E-state index contributed by atoms with van der Waals surface area (Å²) in [5.41, 5.74) is 1.25. The Bertz CT molecular complexity index is 270. The molecule has 2 heterocycles. The zero-order chi connectivity index (χ0) is 7.68. The molecular formula is C8H11N3. The quantitative estimate of drug-likeness (QED) is 0.601. The number of aryl methyl sites for hydroxylation is 2. The van der Waals surface area contributed by atoms with Crippen molar-refractivity contribution in [2.24, 2.45) is 0 Å². The molecular weight excluding hydrogens is 138 g/mol. The standard InChI is InChI=1S/C8H11N3/c1-6-10-5-7-3-2-4-9-8(7)11-6/h5H,2-4H2,1H3,(H,9,10,11). The first-order valence-corrected chi connectivity index (χ1v) is 3.92. The predicted octanol–water partition coefficient (Wildman–Crippen LogP) is 1.14. The van der Waals surface area contributed by atoms with E-state index in [2.05, 4.69) is 15.3 Å². The molecule has 3 nitrogen and oxygen atoms in total. The summed E-state index contributed by atoms with van der Waals surface area (Å²) in [4.78, 5) is 8.43. The second-order valence-corrected chi connectivity index (χ2v) is 2.82. The molecule has 0 unspecified atom stereocenters. The highest BCUT2D eigenvalue weighted by atomic mass is 15.0. The highest BCUT2D eigenvalue weighted by Crippen LogP contribution is 2.17. The van der Waals surface area contributed by atoms with Crippen LogP contribution in [-0.4, -0.2) is 16.5 Å². The first-order chi connectivity index (χ1) is 5.36. The van der Waals surface area contributed by atoms with Gasteiger partial charge < -0.3 is 5.32 Å². The average Bonchev–Trinajstić information content (AvgIpc) is 2.04. The summed E-state index contributed by atoms with van der Waals surface area (Å²) in [6, 6.07) is 0. The maximum Gasteiger partial charge on any atom is 0.132 e. The number of nitrogens with one attached hydrogen (secondary N) is 1. The van der Waals surface area contributed by atoms with Crippen LogP contribution in [-0.2, 0) is 6.42 Å². The lowest BCUT2D eigenvalue weighted by atomic mass is 10.1. The number of fused-ring (bicyclic) bond motifs is 1.